The van der Waals surface area contributed by atoms with Crippen molar-refractivity contribution in [2.75, 3.05) is 26.7 Å². The summed E-state index contributed by atoms with van der Waals surface area (Å²) in [7, 11) is 1.77. The first-order valence-corrected chi connectivity index (χ1v) is 6.78. The smallest absolute Gasteiger partial charge is 0.239 e. The maximum absolute atomic E-state index is 12.2. The predicted molar refractivity (Wildman–Crippen MR) is 66.9 cm³/mol. The Morgan fingerprint density at radius 3 is 2.82 bits per heavy atom. The molecule has 1 saturated carbocycles. The molecule has 98 valence electrons. The molecule has 1 heterocycles. The topological polar surface area (TPSA) is 41.6 Å². The Hall–Kier alpha value is -0.610. The van der Waals surface area contributed by atoms with Crippen molar-refractivity contribution in [2.45, 2.75) is 50.7 Å². The Kier molecular flexibility index (Phi) is 4.05. The summed E-state index contributed by atoms with van der Waals surface area (Å²) in [5.74, 6) is 0.266. The summed E-state index contributed by atoms with van der Waals surface area (Å²) in [4.78, 5) is 14.1. The minimum absolute atomic E-state index is 0.0324. The fraction of sp³-hybridized carbons (Fsp3) is 0.923. The summed E-state index contributed by atoms with van der Waals surface area (Å²) in [5, 5.41) is 3.32. The lowest BCUT2D eigenvalue weighted by atomic mass is 9.79. The first-order valence-electron chi connectivity index (χ1n) is 6.78. The average Bonchev–Trinajstić information content (AvgIpc) is 2.62. The quantitative estimate of drug-likeness (QED) is 0.757. The van der Waals surface area contributed by atoms with Crippen molar-refractivity contribution in [1.29, 1.82) is 0 Å². The van der Waals surface area contributed by atoms with Crippen molar-refractivity contribution in [2.24, 2.45) is 0 Å². The van der Waals surface area contributed by atoms with Crippen LogP contribution in [0.15, 0.2) is 0 Å². The van der Waals surface area contributed by atoms with E-state index in [0.717, 1.165) is 45.3 Å². The van der Waals surface area contributed by atoms with Gasteiger partial charge in [0.1, 0.15) is 0 Å². The van der Waals surface area contributed by atoms with Gasteiger partial charge in [-0.3, -0.25) is 4.79 Å². The molecule has 2 aliphatic rings. The molecule has 1 atom stereocenters. The molecular formula is C13H24N2O2. The highest BCUT2D eigenvalue weighted by atomic mass is 16.5. The normalized spacial score (nSPS) is 27.3. The molecule has 0 aromatic heterocycles. The zero-order valence-electron chi connectivity index (χ0n) is 11.0. The maximum Gasteiger partial charge on any atom is 0.239 e. The molecule has 17 heavy (non-hydrogen) atoms. The number of amides is 1. The van der Waals surface area contributed by atoms with Crippen LogP contribution in [-0.2, 0) is 9.53 Å². The van der Waals surface area contributed by atoms with Crippen molar-refractivity contribution < 1.29 is 9.53 Å². The average molecular weight is 240 g/mol. The molecule has 0 radical (unpaired) electrons. The molecule has 0 aromatic carbocycles. The summed E-state index contributed by atoms with van der Waals surface area (Å²) in [6.07, 6.45) is 5.44. The van der Waals surface area contributed by atoms with Crippen LogP contribution in [-0.4, -0.2) is 49.2 Å². The molecule has 1 unspecified atom stereocenters. The van der Waals surface area contributed by atoms with Gasteiger partial charge in [0.25, 0.3) is 0 Å². The van der Waals surface area contributed by atoms with Gasteiger partial charge < -0.3 is 15.0 Å². The highest BCUT2D eigenvalue weighted by molar-refractivity contribution is 5.84. The number of ether oxygens (including phenoxy) is 1. The molecule has 1 N–H and O–H groups in total. The Morgan fingerprint density at radius 1 is 1.53 bits per heavy atom. The van der Waals surface area contributed by atoms with Gasteiger partial charge in [-0.25, -0.2) is 0 Å². The first kappa shape index (κ1) is 12.8. The number of nitrogens with zero attached hydrogens (tertiary/aromatic N) is 1. The SMILES string of the molecule is CCCNC1CCN(CC2(OC)CCC2)C1=O. The standard InChI is InChI=1S/C13H24N2O2/c1-3-8-14-11-5-9-15(12(11)16)10-13(17-2)6-4-7-13/h11,14H,3-10H2,1-2H3. The van der Waals surface area contributed by atoms with Gasteiger partial charge in [0.2, 0.25) is 5.91 Å². The number of likely N-dealkylation sites (tertiary alicyclic amines) is 1. The first-order chi connectivity index (χ1) is 8.21. The van der Waals surface area contributed by atoms with Gasteiger partial charge in [-0.1, -0.05) is 6.92 Å². The molecule has 1 aliphatic heterocycles. The monoisotopic (exact) mass is 240 g/mol. The van der Waals surface area contributed by atoms with Crippen LogP contribution in [0.2, 0.25) is 0 Å². The summed E-state index contributed by atoms with van der Waals surface area (Å²) >= 11 is 0. The fourth-order valence-corrected chi connectivity index (χ4v) is 2.75. The molecule has 1 saturated heterocycles. The number of nitrogens with one attached hydrogen (secondary N) is 1. The van der Waals surface area contributed by atoms with E-state index in [1.165, 1.54) is 6.42 Å². The van der Waals surface area contributed by atoms with Crippen LogP contribution in [0.5, 0.6) is 0 Å². The number of rotatable bonds is 6. The fourth-order valence-electron chi connectivity index (χ4n) is 2.75. The molecule has 2 rings (SSSR count). The van der Waals surface area contributed by atoms with E-state index in [1.54, 1.807) is 7.11 Å². The Bertz CT molecular complexity index is 271. The summed E-state index contributed by atoms with van der Waals surface area (Å²) in [6, 6.07) is 0.0453. The number of carbonyl (C=O) groups is 1. The molecule has 4 nitrogen and oxygen atoms in total. The predicted octanol–water partition coefficient (Wildman–Crippen LogP) is 1.16. The van der Waals surface area contributed by atoms with E-state index in [0.29, 0.717) is 0 Å². The van der Waals surface area contributed by atoms with Crippen molar-refractivity contribution >= 4 is 5.91 Å². The second-order valence-electron chi connectivity index (χ2n) is 5.30. The van der Waals surface area contributed by atoms with Gasteiger partial charge in [0.15, 0.2) is 0 Å². The number of hydrogen-bond donors (Lipinski definition) is 1. The van der Waals surface area contributed by atoms with Gasteiger partial charge in [-0.05, 0) is 38.6 Å². The largest absolute Gasteiger partial charge is 0.376 e. The number of methoxy groups -OCH3 is 1. The summed E-state index contributed by atoms with van der Waals surface area (Å²) in [5.41, 5.74) is -0.0324. The second-order valence-corrected chi connectivity index (χ2v) is 5.30. The van der Waals surface area contributed by atoms with E-state index in [2.05, 4.69) is 12.2 Å². The highest BCUT2D eigenvalue weighted by Gasteiger charge is 2.42. The van der Waals surface area contributed by atoms with Crippen LogP contribution in [0.3, 0.4) is 0 Å². The van der Waals surface area contributed by atoms with Gasteiger partial charge in [-0.15, -0.1) is 0 Å². The van der Waals surface area contributed by atoms with E-state index in [4.69, 9.17) is 4.74 Å². The third-order valence-corrected chi connectivity index (χ3v) is 4.12. The molecule has 0 spiro atoms. The molecule has 0 bridgehead atoms. The zero-order valence-corrected chi connectivity index (χ0v) is 11.0. The van der Waals surface area contributed by atoms with Crippen LogP contribution >= 0.6 is 0 Å². The van der Waals surface area contributed by atoms with Crippen molar-refractivity contribution in [3.63, 3.8) is 0 Å². The van der Waals surface area contributed by atoms with E-state index in [1.807, 2.05) is 4.90 Å². The molecule has 0 aromatic rings. The molecule has 2 fully saturated rings. The lowest BCUT2D eigenvalue weighted by Gasteiger charge is -2.43. The van der Waals surface area contributed by atoms with Crippen molar-refractivity contribution in [3.05, 3.63) is 0 Å². The Morgan fingerprint density at radius 2 is 2.29 bits per heavy atom. The third-order valence-electron chi connectivity index (χ3n) is 4.12. The Labute approximate surface area is 104 Å². The maximum atomic E-state index is 12.2. The number of hydrogen-bond acceptors (Lipinski definition) is 3. The lowest BCUT2D eigenvalue weighted by Crippen LogP contribution is -2.51. The van der Waals surface area contributed by atoms with Crippen LogP contribution in [0, 0.1) is 0 Å². The van der Waals surface area contributed by atoms with Crippen LogP contribution in [0.1, 0.15) is 39.0 Å². The lowest BCUT2D eigenvalue weighted by molar-refractivity contribution is -0.138. The molecular weight excluding hydrogens is 216 g/mol. The molecule has 1 aliphatic carbocycles. The van der Waals surface area contributed by atoms with E-state index in [9.17, 15) is 4.79 Å². The van der Waals surface area contributed by atoms with Crippen LogP contribution < -0.4 is 5.32 Å². The van der Waals surface area contributed by atoms with E-state index in [-0.39, 0.29) is 17.6 Å². The van der Waals surface area contributed by atoms with E-state index >= 15 is 0 Å². The van der Waals surface area contributed by atoms with Gasteiger partial charge in [0, 0.05) is 20.2 Å². The summed E-state index contributed by atoms with van der Waals surface area (Å²) < 4.78 is 5.59. The van der Waals surface area contributed by atoms with Crippen molar-refractivity contribution in [3.8, 4) is 0 Å². The van der Waals surface area contributed by atoms with Crippen LogP contribution in [0.25, 0.3) is 0 Å². The van der Waals surface area contributed by atoms with Gasteiger partial charge in [0.05, 0.1) is 11.6 Å². The Balaban J connectivity index is 1.84. The highest BCUT2D eigenvalue weighted by Crippen LogP contribution is 2.36. The van der Waals surface area contributed by atoms with Gasteiger partial charge >= 0.3 is 0 Å². The zero-order chi connectivity index (χ0) is 12.3. The molecule has 4 heteroatoms. The van der Waals surface area contributed by atoms with Crippen LogP contribution in [0.4, 0.5) is 0 Å². The summed E-state index contributed by atoms with van der Waals surface area (Å²) in [6.45, 7) is 4.72. The van der Waals surface area contributed by atoms with E-state index < -0.39 is 0 Å². The molecule has 1 amide bonds. The number of carbonyl (C=O) groups excluding carboxylic acids is 1. The minimum Gasteiger partial charge on any atom is -0.376 e. The minimum atomic E-state index is -0.0324. The van der Waals surface area contributed by atoms with Crippen molar-refractivity contribution in [1.82, 2.24) is 10.2 Å². The van der Waals surface area contributed by atoms with Gasteiger partial charge in [-0.2, -0.15) is 0 Å². The third kappa shape index (κ3) is 2.63. The second kappa shape index (κ2) is 5.36.